The molecule has 0 unspecified atom stereocenters. The van der Waals surface area contributed by atoms with Crippen LogP contribution >= 0.6 is 0 Å². The van der Waals surface area contributed by atoms with Crippen molar-refractivity contribution in [1.82, 2.24) is 0 Å². The van der Waals surface area contributed by atoms with Crippen LogP contribution in [-0.4, -0.2) is 12.5 Å². The summed E-state index contributed by atoms with van der Waals surface area (Å²) >= 11 is 0. The van der Waals surface area contributed by atoms with Crippen LogP contribution in [-0.2, 0) is 4.79 Å². The van der Waals surface area contributed by atoms with Crippen LogP contribution in [0.4, 0.5) is 0 Å². The summed E-state index contributed by atoms with van der Waals surface area (Å²) in [6.45, 7) is 2.84. The van der Waals surface area contributed by atoms with Crippen molar-refractivity contribution in [3.05, 3.63) is 53.6 Å². The predicted octanol–water partition coefficient (Wildman–Crippen LogP) is 3.97. The Morgan fingerprint density at radius 3 is 2.95 bits per heavy atom. The van der Waals surface area contributed by atoms with E-state index in [1.165, 1.54) is 0 Å². The van der Waals surface area contributed by atoms with E-state index in [-0.39, 0.29) is 0 Å². The normalized spacial score (nSPS) is 13.9. The fraction of sp³-hybridized carbons (Fsp3) is 0.294. The maximum absolute atomic E-state index is 11.0. The van der Waals surface area contributed by atoms with Gasteiger partial charge in [-0.15, -0.1) is 0 Å². The lowest BCUT2D eigenvalue weighted by Gasteiger charge is -2.15. The zero-order valence-electron chi connectivity index (χ0n) is 11.2. The topological polar surface area (TPSA) is 26.3 Å². The molecule has 2 heteroatoms. The van der Waals surface area contributed by atoms with Gasteiger partial charge in [0.15, 0.2) is 0 Å². The molecule has 0 saturated carbocycles. The summed E-state index contributed by atoms with van der Waals surface area (Å²) in [6, 6.07) is 7.86. The summed E-state index contributed by atoms with van der Waals surface area (Å²) < 4.78 is 5.82. The van der Waals surface area contributed by atoms with Crippen LogP contribution in [0, 0.1) is 0 Å². The van der Waals surface area contributed by atoms with Crippen molar-refractivity contribution in [2.45, 2.75) is 26.2 Å². The first kappa shape index (κ1) is 13.4. The second-order valence-electron chi connectivity index (χ2n) is 4.49. The highest BCUT2D eigenvalue weighted by atomic mass is 16.5. The highest BCUT2D eigenvalue weighted by Crippen LogP contribution is 2.33. The molecule has 1 aromatic rings. The first-order chi connectivity index (χ1) is 9.36. The van der Waals surface area contributed by atoms with Crippen molar-refractivity contribution >= 4 is 11.5 Å². The van der Waals surface area contributed by atoms with Gasteiger partial charge in [0.05, 0.1) is 6.61 Å². The second-order valence-corrected chi connectivity index (χ2v) is 4.49. The third-order valence-corrected chi connectivity index (χ3v) is 3.10. The summed E-state index contributed by atoms with van der Waals surface area (Å²) in [4.78, 5) is 11.0. The molecule has 0 heterocycles. The summed E-state index contributed by atoms with van der Waals surface area (Å²) in [7, 11) is 0. The zero-order chi connectivity index (χ0) is 13.5. The van der Waals surface area contributed by atoms with Crippen LogP contribution in [0.25, 0.3) is 5.57 Å². The fourth-order valence-corrected chi connectivity index (χ4v) is 2.05. The summed E-state index contributed by atoms with van der Waals surface area (Å²) in [5.41, 5.74) is 2.58. The van der Waals surface area contributed by atoms with Crippen LogP contribution in [0.3, 0.4) is 0 Å². The highest BCUT2D eigenvalue weighted by Gasteiger charge is 2.14. The Bertz CT molecular complexity index is 546. The number of para-hydroxylation sites is 1. The van der Waals surface area contributed by atoms with Crippen molar-refractivity contribution in [1.29, 1.82) is 0 Å². The average Bonchev–Trinajstić information content (AvgIpc) is 2.48. The molecule has 0 radical (unpaired) electrons. The van der Waals surface area contributed by atoms with Gasteiger partial charge < -0.3 is 4.74 Å². The lowest BCUT2D eigenvalue weighted by molar-refractivity contribution is 0.308. The molecule has 0 aliphatic heterocycles. The molecule has 1 aliphatic rings. The second kappa shape index (κ2) is 6.77. The number of allylic oxidation sites excluding steroid dienone is 5. The summed E-state index contributed by atoms with van der Waals surface area (Å²) in [6.07, 6.45) is 8.66. The van der Waals surface area contributed by atoms with Gasteiger partial charge in [0.2, 0.25) is 0 Å². The predicted molar refractivity (Wildman–Crippen MR) is 77.8 cm³/mol. The van der Waals surface area contributed by atoms with E-state index in [2.05, 4.69) is 6.92 Å². The monoisotopic (exact) mass is 254 g/mol. The summed E-state index contributed by atoms with van der Waals surface area (Å²) in [5.74, 6) is 2.88. The number of carbonyl (C=O) groups excluding carboxylic acids is 1. The maximum Gasteiger partial charge on any atom is 0.128 e. The molecular weight excluding hydrogens is 236 g/mol. The van der Waals surface area contributed by atoms with Crippen molar-refractivity contribution in [2.24, 2.45) is 0 Å². The van der Waals surface area contributed by atoms with Gasteiger partial charge in [-0.2, -0.15) is 0 Å². The largest absolute Gasteiger partial charge is 0.493 e. The molecule has 0 N–H and O–H groups in total. The van der Waals surface area contributed by atoms with Gasteiger partial charge >= 0.3 is 0 Å². The molecule has 0 aromatic heterocycles. The fourth-order valence-electron chi connectivity index (χ4n) is 2.05. The number of benzene rings is 1. The number of hydrogen-bond donors (Lipinski definition) is 0. The molecule has 0 atom stereocenters. The highest BCUT2D eigenvalue weighted by molar-refractivity contribution is 5.91. The Hall–Kier alpha value is -2.05. The minimum atomic E-state index is 0.638. The van der Waals surface area contributed by atoms with E-state index in [1.54, 1.807) is 0 Å². The Morgan fingerprint density at radius 2 is 2.16 bits per heavy atom. The first-order valence-corrected chi connectivity index (χ1v) is 6.70. The SMILES string of the molecule is CCCCOc1ccccc1C1=CC=CCC1=C=O. The molecule has 0 amide bonds. The van der Waals surface area contributed by atoms with E-state index < -0.39 is 0 Å². The van der Waals surface area contributed by atoms with Crippen LogP contribution < -0.4 is 4.74 Å². The number of hydrogen-bond acceptors (Lipinski definition) is 2. The molecule has 2 rings (SSSR count). The Kier molecular flexibility index (Phi) is 4.77. The molecule has 0 fully saturated rings. The lowest BCUT2D eigenvalue weighted by atomic mass is 9.92. The maximum atomic E-state index is 11.0. The first-order valence-electron chi connectivity index (χ1n) is 6.70. The minimum Gasteiger partial charge on any atom is -0.493 e. The van der Waals surface area contributed by atoms with Gasteiger partial charge in [0, 0.05) is 17.6 Å². The molecule has 0 spiro atoms. The van der Waals surface area contributed by atoms with Crippen molar-refractivity contribution in [2.75, 3.05) is 6.61 Å². The molecular formula is C17H18O2. The van der Waals surface area contributed by atoms with E-state index in [4.69, 9.17) is 4.74 Å². The average molecular weight is 254 g/mol. The Morgan fingerprint density at radius 1 is 1.32 bits per heavy atom. The van der Waals surface area contributed by atoms with E-state index >= 15 is 0 Å². The van der Waals surface area contributed by atoms with Gasteiger partial charge in [-0.25, -0.2) is 4.79 Å². The smallest absolute Gasteiger partial charge is 0.128 e. The van der Waals surface area contributed by atoms with Gasteiger partial charge in [0.25, 0.3) is 0 Å². The standard InChI is InChI=1S/C17H18O2/c1-2-3-12-19-17-11-7-6-10-16(17)15-9-5-4-8-14(15)13-18/h4-7,9-11H,2-3,8,12H2,1H3. The van der Waals surface area contributed by atoms with Crippen molar-refractivity contribution < 1.29 is 9.53 Å². The Labute approximate surface area is 114 Å². The molecule has 19 heavy (non-hydrogen) atoms. The molecule has 1 aliphatic carbocycles. The molecule has 1 aromatic carbocycles. The number of unbranched alkanes of at least 4 members (excludes halogenated alkanes) is 1. The summed E-state index contributed by atoms with van der Waals surface area (Å²) in [5, 5.41) is 0. The third kappa shape index (κ3) is 3.24. The lowest BCUT2D eigenvalue weighted by Crippen LogP contribution is -2.01. The molecule has 0 saturated heterocycles. The van der Waals surface area contributed by atoms with Crippen LogP contribution in [0.15, 0.2) is 48.1 Å². The molecule has 0 bridgehead atoms. The molecule has 98 valence electrons. The van der Waals surface area contributed by atoms with E-state index in [9.17, 15) is 4.79 Å². The zero-order valence-corrected chi connectivity index (χ0v) is 11.2. The van der Waals surface area contributed by atoms with E-state index in [0.717, 1.165) is 29.7 Å². The van der Waals surface area contributed by atoms with E-state index in [0.29, 0.717) is 18.6 Å². The van der Waals surface area contributed by atoms with Crippen molar-refractivity contribution in [3.8, 4) is 5.75 Å². The van der Waals surface area contributed by atoms with Crippen molar-refractivity contribution in [3.63, 3.8) is 0 Å². The number of ether oxygens (including phenoxy) is 1. The Balaban J connectivity index is 2.31. The molecule has 2 nitrogen and oxygen atoms in total. The van der Waals surface area contributed by atoms with Crippen LogP contribution in [0.1, 0.15) is 31.7 Å². The van der Waals surface area contributed by atoms with E-state index in [1.807, 2.05) is 48.4 Å². The van der Waals surface area contributed by atoms with Crippen LogP contribution in [0.2, 0.25) is 0 Å². The van der Waals surface area contributed by atoms with Gasteiger partial charge in [-0.1, -0.05) is 49.8 Å². The van der Waals surface area contributed by atoms with Crippen LogP contribution in [0.5, 0.6) is 5.75 Å². The van der Waals surface area contributed by atoms with Gasteiger partial charge in [0.1, 0.15) is 11.7 Å². The van der Waals surface area contributed by atoms with Gasteiger partial charge in [-0.3, -0.25) is 0 Å². The third-order valence-electron chi connectivity index (χ3n) is 3.10. The van der Waals surface area contributed by atoms with Gasteiger partial charge in [-0.05, 0) is 18.1 Å². The quantitative estimate of drug-likeness (QED) is 0.587. The minimum absolute atomic E-state index is 0.638. The number of rotatable bonds is 5.